The summed E-state index contributed by atoms with van der Waals surface area (Å²) in [5.41, 5.74) is 1.68. The Bertz CT molecular complexity index is 1190. The summed E-state index contributed by atoms with van der Waals surface area (Å²) in [6.45, 7) is 6.08. The van der Waals surface area contributed by atoms with Crippen molar-refractivity contribution in [1.29, 1.82) is 0 Å². The van der Waals surface area contributed by atoms with Crippen LogP contribution >= 0.6 is 0 Å². The smallest absolute Gasteiger partial charge is 0.225 e. The summed E-state index contributed by atoms with van der Waals surface area (Å²) >= 11 is 0. The number of hydrogen-bond donors (Lipinski definition) is 0. The number of benzene rings is 2. The van der Waals surface area contributed by atoms with Crippen LogP contribution in [0, 0.1) is 5.82 Å². The number of hydrogen-bond acceptors (Lipinski definition) is 5. The molecular weight excluding hydrogens is 459 g/mol. The van der Waals surface area contributed by atoms with Crippen LogP contribution in [0.25, 0.3) is 10.9 Å². The van der Waals surface area contributed by atoms with Gasteiger partial charge in [0.2, 0.25) is 5.91 Å². The molecule has 1 aromatic heterocycles. The molecule has 1 atom stereocenters. The van der Waals surface area contributed by atoms with Gasteiger partial charge >= 0.3 is 0 Å². The van der Waals surface area contributed by atoms with Crippen LogP contribution in [-0.4, -0.2) is 90.3 Å². The summed E-state index contributed by atoms with van der Waals surface area (Å²) in [4.78, 5) is 19.9. The Morgan fingerprint density at radius 2 is 1.78 bits per heavy atom. The molecule has 0 unspecified atom stereocenters. The van der Waals surface area contributed by atoms with E-state index in [2.05, 4.69) is 58.9 Å². The second-order valence-corrected chi connectivity index (χ2v) is 10.1. The lowest BCUT2D eigenvalue weighted by molar-refractivity contribution is -0.157. The van der Waals surface area contributed by atoms with E-state index in [0.717, 1.165) is 39.3 Å². The van der Waals surface area contributed by atoms with Crippen molar-refractivity contribution in [1.82, 2.24) is 19.3 Å². The second kappa shape index (κ2) is 10.6. The number of carbonyl (C=O) groups excluding carboxylic acids is 1. The van der Waals surface area contributed by atoms with Crippen molar-refractivity contribution in [3.8, 4) is 5.75 Å². The van der Waals surface area contributed by atoms with Gasteiger partial charge in [-0.15, -0.1) is 0 Å². The van der Waals surface area contributed by atoms with Gasteiger partial charge in [-0.2, -0.15) is 0 Å². The highest BCUT2D eigenvalue weighted by Gasteiger charge is 2.41. The summed E-state index contributed by atoms with van der Waals surface area (Å²) in [5, 5.41) is 1.24. The first-order valence-corrected chi connectivity index (χ1v) is 12.6. The molecule has 5 rings (SSSR count). The SMILES string of the molecule is CN1CCN(C(=O)C[C@]2(COc3ccc(F)cc3)CN(Cc3cn(C)c4ccccc34)CCO2)CC1. The molecule has 0 radical (unpaired) electrons. The molecule has 3 aromatic rings. The van der Waals surface area contributed by atoms with E-state index in [1.807, 2.05) is 4.90 Å². The van der Waals surface area contributed by atoms with E-state index in [-0.39, 0.29) is 24.8 Å². The number of carbonyl (C=O) groups is 1. The third-order valence-corrected chi connectivity index (χ3v) is 7.35. The number of aryl methyl sites for hydroxylation is 1. The average Bonchev–Trinajstić information content (AvgIpc) is 3.19. The third-order valence-electron chi connectivity index (χ3n) is 7.35. The number of ether oxygens (including phenoxy) is 2. The van der Waals surface area contributed by atoms with Gasteiger partial charge < -0.3 is 23.8 Å². The molecule has 0 N–H and O–H groups in total. The molecule has 36 heavy (non-hydrogen) atoms. The van der Waals surface area contributed by atoms with Crippen molar-refractivity contribution in [2.75, 3.05) is 59.5 Å². The van der Waals surface area contributed by atoms with Gasteiger partial charge in [0.15, 0.2) is 0 Å². The Balaban J connectivity index is 1.34. The summed E-state index contributed by atoms with van der Waals surface area (Å²) < 4.78 is 28.0. The maximum Gasteiger partial charge on any atom is 0.225 e. The van der Waals surface area contributed by atoms with E-state index >= 15 is 0 Å². The van der Waals surface area contributed by atoms with Crippen LogP contribution in [0.3, 0.4) is 0 Å². The second-order valence-electron chi connectivity index (χ2n) is 10.1. The number of likely N-dealkylation sites (N-methyl/N-ethyl adjacent to an activating group) is 1. The normalized spacial score (nSPS) is 21.7. The Hall–Kier alpha value is -2.94. The fourth-order valence-corrected chi connectivity index (χ4v) is 5.29. The molecule has 2 aliphatic rings. The molecule has 2 aliphatic heterocycles. The first-order valence-electron chi connectivity index (χ1n) is 12.6. The van der Waals surface area contributed by atoms with Crippen molar-refractivity contribution in [3.05, 3.63) is 66.1 Å². The molecule has 2 aromatic carbocycles. The number of rotatable bonds is 7. The van der Waals surface area contributed by atoms with E-state index in [0.29, 0.717) is 18.9 Å². The van der Waals surface area contributed by atoms with Gasteiger partial charge in [-0.1, -0.05) is 18.2 Å². The number of fused-ring (bicyclic) bond motifs is 1. The van der Waals surface area contributed by atoms with Crippen LogP contribution in [0.15, 0.2) is 54.7 Å². The summed E-state index contributed by atoms with van der Waals surface area (Å²) in [5.74, 6) is 0.355. The van der Waals surface area contributed by atoms with E-state index in [9.17, 15) is 9.18 Å². The number of amides is 1. The Morgan fingerprint density at radius 3 is 2.56 bits per heavy atom. The number of morpholine rings is 1. The van der Waals surface area contributed by atoms with Crippen molar-refractivity contribution in [3.63, 3.8) is 0 Å². The molecule has 192 valence electrons. The Labute approximate surface area is 212 Å². The zero-order chi connectivity index (χ0) is 25.1. The van der Waals surface area contributed by atoms with Crippen LogP contribution < -0.4 is 4.74 Å². The molecule has 7 nitrogen and oxygen atoms in total. The number of halogens is 1. The molecule has 0 aliphatic carbocycles. The summed E-state index contributed by atoms with van der Waals surface area (Å²) in [6, 6.07) is 14.4. The van der Waals surface area contributed by atoms with Gasteiger partial charge in [-0.25, -0.2) is 4.39 Å². The summed E-state index contributed by atoms with van der Waals surface area (Å²) in [6.07, 6.45) is 2.44. The minimum Gasteiger partial charge on any atom is -0.491 e. The molecule has 8 heteroatoms. The molecule has 0 saturated carbocycles. The first kappa shape index (κ1) is 24.7. The van der Waals surface area contributed by atoms with Gasteiger partial charge in [0.25, 0.3) is 0 Å². The van der Waals surface area contributed by atoms with Crippen LogP contribution in [-0.2, 0) is 23.1 Å². The topological polar surface area (TPSA) is 50.2 Å². The van der Waals surface area contributed by atoms with Crippen LogP contribution in [0.5, 0.6) is 5.75 Å². The van der Waals surface area contributed by atoms with Crippen LogP contribution in [0.2, 0.25) is 0 Å². The predicted molar refractivity (Wildman–Crippen MR) is 137 cm³/mol. The van der Waals surface area contributed by atoms with Gasteiger partial charge in [0.1, 0.15) is 23.8 Å². The molecule has 1 amide bonds. The summed E-state index contributed by atoms with van der Waals surface area (Å²) in [7, 11) is 4.15. The van der Waals surface area contributed by atoms with E-state index in [1.54, 1.807) is 12.1 Å². The Kier molecular flexibility index (Phi) is 7.27. The fourth-order valence-electron chi connectivity index (χ4n) is 5.29. The lowest BCUT2D eigenvalue weighted by Crippen LogP contribution is -2.58. The number of nitrogens with zero attached hydrogens (tertiary/aromatic N) is 4. The maximum atomic E-state index is 13.4. The zero-order valence-corrected chi connectivity index (χ0v) is 21.2. The van der Waals surface area contributed by atoms with E-state index < -0.39 is 5.60 Å². The highest BCUT2D eigenvalue weighted by molar-refractivity contribution is 5.83. The molecule has 2 saturated heterocycles. The Morgan fingerprint density at radius 1 is 1.03 bits per heavy atom. The highest BCUT2D eigenvalue weighted by Crippen LogP contribution is 2.28. The fraction of sp³-hybridized carbons (Fsp3) is 0.464. The van der Waals surface area contributed by atoms with Gasteiger partial charge in [0, 0.05) is 70.0 Å². The number of aromatic nitrogens is 1. The molecule has 3 heterocycles. The molecular formula is C28H35FN4O3. The lowest BCUT2D eigenvalue weighted by atomic mass is 9.96. The van der Waals surface area contributed by atoms with Gasteiger partial charge in [0.05, 0.1) is 13.0 Å². The maximum absolute atomic E-state index is 13.4. The standard InChI is InChI=1S/C28H35FN4O3/c1-30-11-13-33(14-12-30)27(34)17-28(21-35-24-9-7-23(29)8-10-24)20-32(15-16-36-28)19-22-18-31(2)26-6-4-3-5-25(22)26/h3-10,18H,11-17,19-21H2,1-2H3/t28-/m1/s1. The molecule has 2 fully saturated rings. The van der Waals surface area contributed by atoms with Crippen LogP contribution in [0.4, 0.5) is 4.39 Å². The lowest BCUT2D eigenvalue weighted by Gasteiger charge is -2.43. The largest absolute Gasteiger partial charge is 0.491 e. The zero-order valence-electron chi connectivity index (χ0n) is 21.2. The predicted octanol–water partition coefficient (Wildman–Crippen LogP) is 3.13. The van der Waals surface area contributed by atoms with Crippen molar-refractivity contribution >= 4 is 16.8 Å². The van der Waals surface area contributed by atoms with E-state index in [4.69, 9.17) is 9.47 Å². The van der Waals surface area contributed by atoms with Crippen LogP contribution in [0.1, 0.15) is 12.0 Å². The minimum absolute atomic E-state index is 0.0952. The number of para-hydroxylation sites is 1. The van der Waals surface area contributed by atoms with Gasteiger partial charge in [-0.05, 0) is 42.9 Å². The minimum atomic E-state index is -0.780. The quantitative estimate of drug-likeness (QED) is 0.505. The van der Waals surface area contributed by atoms with Crippen molar-refractivity contribution in [2.24, 2.45) is 7.05 Å². The number of piperazine rings is 1. The molecule has 0 bridgehead atoms. The molecule has 0 spiro atoms. The first-order chi connectivity index (χ1) is 17.4. The third kappa shape index (κ3) is 5.56. The monoisotopic (exact) mass is 494 g/mol. The highest BCUT2D eigenvalue weighted by atomic mass is 19.1. The van der Waals surface area contributed by atoms with Crippen molar-refractivity contribution in [2.45, 2.75) is 18.6 Å². The van der Waals surface area contributed by atoms with Crippen molar-refractivity contribution < 1.29 is 18.7 Å². The average molecular weight is 495 g/mol. The van der Waals surface area contributed by atoms with E-state index in [1.165, 1.54) is 28.6 Å². The van der Waals surface area contributed by atoms with Gasteiger partial charge in [-0.3, -0.25) is 9.69 Å².